The van der Waals surface area contributed by atoms with Gasteiger partial charge in [-0.1, -0.05) is 31.2 Å². The lowest BCUT2D eigenvalue weighted by Gasteiger charge is -2.09. The van der Waals surface area contributed by atoms with Gasteiger partial charge in [0, 0.05) is 18.7 Å². The number of carbonyl (C=O) groups excluding carboxylic acids is 1. The second-order valence-electron chi connectivity index (χ2n) is 7.36. The molecule has 1 amide bonds. The third kappa shape index (κ3) is 5.22. The Morgan fingerprint density at radius 2 is 1.76 bits per heavy atom. The van der Waals surface area contributed by atoms with Crippen LogP contribution in [-0.4, -0.2) is 20.9 Å². The molecule has 1 aliphatic rings. The second-order valence-corrected chi connectivity index (χ2v) is 9.13. The smallest absolute Gasteiger partial charge is 0.240 e. The normalized spacial score (nSPS) is 14.8. The summed E-state index contributed by atoms with van der Waals surface area (Å²) in [6.45, 7) is 2.31. The third-order valence-corrected chi connectivity index (χ3v) is 6.58. The van der Waals surface area contributed by atoms with Crippen molar-refractivity contribution in [1.82, 2.24) is 4.72 Å². The van der Waals surface area contributed by atoms with Crippen LogP contribution >= 0.6 is 0 Å². The SMILES string of the molecule is CCCNS(=O)(=O)c1ccc(CCC(=O)Nc2ccc(C3(C#N)CC3)cc2)cc1. The number of carbonyl (C=O) groups is 1. The van der Waals surface area contributed by atoms with Crippen LogP contribution in [-0.2, 0) is 26.7 Å². The van der Waals surface area contributed by atoms with Gasteiger partial charge in [-0.2, -0.15) is 5.26 Å². The lowest BCUT2D eigenvalue weighted by Crippen LogP contribution is -2.24. The molecule has 2 N–H and O–H groups in total. The predicted octanol–water partition coefficient (Wildman–Crippen LogP) is 3.50. The number of aryl methyl sites for hydroxylation is 1. The van der Waals surface area contributed by atoms with E-state index in [2.05, 4.69) is 16.1 Å². The monoisotopic (exact) mass is 411 g/mol. The van der Waals surface area contributed by atoms with Crippen LogP contribution in [0, 0.1) is 11.3 Å². The van der Waals surface area contributed by atoms with Gasteiger partial charge in [0.1, 0.15) is 0 Å². The number of amides is 1. The summed E-state index contributed by atoms with van der Waals surface area (Å²) >= 11 is 0. The molecule has 0 aromatic heterocycles. The van der Waals surface area contributed by atoms with E-state index in [-0.39, 0.29) is 16.2 Å². The Morgan fingerprint density at radius 3 is 2.31 bits per heavy atom. The van der Waals surface area contributed by atoms with E-state index in [1.165, 1.54) is 0 Å². The van der Waals surface area contributed by atoms with Crippen molar-refractivity contribution in [2.75, 3.05) is 11.9 Å². The average molecular weight is 412 g/mol. The van der Waals surface area contributed by atoms with Gasteiger partial charge in [0.15, 0.2) is 0 Å². The molecule has 0 saturated heterocycles. The first-order valence-electron chi connectivity index (χ1n) is 9.79. The zero-order chi connectivity index (χ0) is 20.9. The Bertz CT molecular complexity index is 1000. The standard InChI is InChI=1S/C22H25N3O3S/c1-2-15-24-29(27,28)20-10-3-17(4-11-20)5-12-21(26)25-19-8-6-18(7-9-19)22(16-23)13-14-22/h3-4,6-11,24H,2,5,12-15H2,1H3,(H,25,26). The fourth-order valence-corrected chi connectivity index (χ4v) is 4.23. The number of benzene rings is 2. The Balaban J connectivity index is 1.51. The maximum atomic E-state index is 12.2. The molecule has 0 spiro atoms. The molecular weight excluding hydrogens is 386 g/mol. The van der Waals surface area contributed by atoms with Gasteiger partial charge in [0.25, 0.3) is 0 Å². The highest BCUT2D eigenvalue weighted by molar-refractivity contribution is 7.89. The minimum atomic E-state index is -3.47. The van der Waals surface area contributed by atoms with E-state index in [0.29, 0.717) is 25.1 Å². The number of rotatable bonds is 9. The molecule has 1 saturated carbocycles. The van der Waals surface area contributed by atoms with E-state index < -0.39 is 10.0 Å². The molecule has 0 aliphatic heterocycles. The number of nitrogens with zero attached hydrogens (tertiary/aromatic N) is 1. The first-order chi connectivity index (χ1) is 13.9. The highest BCUT2D eigenvalue weighted by atomic mass is 32.2. The van der Waals surface area contributed by atoms with Gasteiger partial charge in [-0.05, 0) is 61.1 Å². The summed E-state index contributed by atoms with van der Waals surface area (Å²) < 4.78 is 26.7. The highest BCUT2D eigenvalue weighted by Gasteiger charge is 2.44. The first kappa shape index (κ1) is 21.0. The summed E-state index contributed by atoms with van der Waals surface area (Å²) in [6.07, 6.45) is 3.33. The number of hydrogen-bond acceptors (Lipinski definition) is 4. The molecule has 0 bridgehead atoms. The quantitative estimate of drug-likeness (QED) is 0.660. The van der Waals surface area contributed by atoms with Gasteiger partial charge < -0.3 is 5.32 Å². The van der Waals surface area contributed by atoms with Gasteiger partial charge in [-0.25, -0.2) is 13.1 Å². The fourth-order valence-electron chi connectivity index (χ4n) is 3.10. The maximum absolute atomic E-state index is 12.2. The minimum Gasteiger partial charge on any atom is -0.326 e. The van der Waals surface area contributed by atoms with Crippen LogP contribution in [0.1, 0.15) is 43.7 Å². The topological polar surface area (TPSA) is 99.1 Å². The van der Waals surface area contributed by atoms with Gasteiger partial charge >= 0.3 is 0 Å². The Morgan fingerprint density at radius 1 is 1.10 bits per heavy atom. The zero-order valence-electron chi connectivity index (χ0n) is 16.4. The van der Waals surface area contributed by atoms with Crippen LogP contribution in [0.4, 0.5) is 5.69 Å². The van der Waals surface area contributed by atoms with E-state index in [0.717, 1.165) is 30.4 Å². The molecule has 1 aliphatic carbocycles. The van der Waals surface area contributed by atoms with Crippen molar-refractivity contribution in [1.29, 1.82) is 5.26 Å². The number of sulfonamides is 1. The van der Waals surface area contributed by atoms with Crippen molar-refractivity contribution in [3.05, 3.63) is 59.7 Å². The van der Waals surface area contributed by atoms with Crippen LogP contribution < -0.4 is 10.0 Å². The average Bonchev–Trinajstić information content (AvgIpc) is 3.53. The molecular formula is C22H25N3O3S. The Hall–Kier alpha value is -2.69. The molecule has 2 aromatic rings. The fraction of sp³-hybridized carbons (Fsp3) is 0.364. The predicted molar refractivity (Wildman–Crippen MR) is 112 cm³/mol. The minimum absolute atomic E-state index is 0.111. The molecule has 6 nitrogen and oxygen atoms in total. The molecule has 7 heteroatoms. The summed E-state index contributed by atoms with van der Waals surface area (Å²) in [5.41, 5.74) is 2.28. The third-order valence-electron chi connectivity index (χ3n) is 5.10. The number of nitriles is 1. The van der Waals surface area contributed by atoms with E-state index in [9.17, 15) is 18.5 Å². The number of anilines is 1. The molecule has 0 radical (unpaired) electrons. The Kier molecular flexibility index (Phi) is 6.36. The van der Waals surface area contributed by atoms with Crippen molar-refractivity contribution < 1.29 is 13.2 Å². The van der Waals surface area contributed by atoms with Crippen molar-refractivity contribution in [3.8, 4) is 6.07 Å². The van der Waals surface area contributed by atoms with E-state index in [4.69, 9.17) is 0 Å². The highest BCUT2D eigenvalue weighted by Crippen LogP contribution is 2.47. The lowest BCUT2D eigenvalue weighted by atomic mass is 9.98. The van der Waals surface area contributed by atoms with Crippen LogP contribution in [0.2, 0.25) is 0 Å². The molecule has 152 valence electrons. The van der Waals surface area contributed by atoms with E-state index >= 15 is 0 Å². The molecule has 2 aromatic carbocycles. The summed E-state index contributed by atoms with van der Waals surface area (Å²) in [4.78, 5) is 12.4. The molecule has 0 unspecified atom stereocenters. The molecule has 0 heterocycles. The number of hydrogen-bond donors (Lipinski definition) is 2. The molecule has 0 atom stereocenters. The summed E-state index contributed by atoms with van der Waals surface area (Å²) in [6, 6.07) is 16.4. The Labute approximate surface area is 172 Å². The summed E-state index contributed by atoms with van der Waals surface area (Å²) in [5.74, 6) is -0.111. The zero-order valence-corrected chi connectivity index (χ0v) is 17.3. The largest absolute Gasteiger partial charge is 0.326 e. The van der Waals surface area contributed by atoms with Crippen molar-refractivity contribution in [2.24, 2.45) is 0 Å². The van der Waals surface area contributed by atoms with Crippen molar-refractivity contribution >= 4 is 21.6 Å². The summed E-state index contributed by atoms with van der Waals surface area (Å²) in [5, 5.41) is 12.1. The first-order valence-corrected chi connectivity index (χ1v) is 11.3. The van der Waals surface area contributed by atoms with Crippen molar-refractivity contribution in [2.45, 2.75) is 49.3 Å². The molecule has 3 rings (SSSR count). The van der Waals surface area contributed by atoms with Crippen molar-refractivity contribution in [3.63, 3.8) is 0 Å². The van der Waals surface area contributed by atoms with Crippen LogP contribution in [0.15, 0.2) is 53.4 Å². The molecule has 1 fully saturated rings. The molecule has 29 heavy (non-hydrogen) atoms. The van der Waals surface area contributed by atoms with E-state index in [1.807, 2.05) is 31.2 Å². The maximum Gasteiger partial charge on any atom is 0.240 e. The van der Waals surface area contributed by atoms with Gasteiger partial charge in [-0.3, -0.25) is 4.79 Å². The second kappa shape index (κ2) is 8.76. The van der Waals surface area contributed by atoms with Crippen LogP contribution in [0.25, 0.3) is 0 Å². The van der Waals surface area contributed by atoms with Crippen LogP contribution in [0.3, 0.4) is 0 Å². The number of nitrogens with one attached hydrogen (secondary N) is 2. The van der Waals surface area contributed by atoms with E-state index in [1.54, 1.807) is 24.3 Å². The van der Waals surface area contributed by atoms with Gasteiger partial charge in [0.05, 0.1) is 16.4 Å². The van der Waals surface area contributed by atoms with Gasteiger partial charge in [0.2, 0.25) is 15.9 Å². The van der Waals surface area contributed by atoms with Gasteiger partial charge in [-0.15, -0.1) is 0 Å². The summed E-state index contributed by atoms with van der Waals surface area (Å²) in [7, 11) is -3.47. The lowest BCUT2D eigenvalue weighted by molar-refractivity contribution is -0.116. The van der Waals surface area contributed by atoms with Crippen LogP contribution in [0.5, 0.6) is 0 Å².